The van der Waals surface area contributed by atoms with Crippen molar-refractivity contribution in [1.82, 2.24) is 0 Å². The molecule has 2 aromatic carbocycles. The van der Waals surface area contributed by atoms with Gasteiger partial charge in [-0.05, 0) is 65.1 Å². The fourth-order valence-corrected chi connectivity index (χ4v) is 2.08. The normalized spacial score (nSPS) is 10.7. The van der Waals surface area contributed by atoms with Crippen LogP contribution >= 0.6 is 22.6 Å². The molecule has 5 heteroatoms. The van der Waals surface area contributed by atoms with Gasteiger partial charge in [0.05, 0.1) is 0 Å². The number of carboxylic acids is 1. The summed E-state index contributed by atoms with van der Waals surface area (Å²) in [4.78, 5) is 10.5. The molecule has 0 fully saturated rings. The van der Waals surface area contributed by atoms with Crippen molar-refractivity contribution in [3.8, 4) is 11.5 Å². The van der Waals surface area contributed by atoms with Gasteiger partial charge < -0.3 is 9.84 Å². The minimum absolute atomic E-state index is 0.367. The number of hydrogen-bond acceptors (Lipinski definition) is 2. The number of ether oxygens (including phenoxy) is 1. The number of halogens is 2. The summed E-state index contributed by atoms with van der Waals surface area (Å²) in [5.74, 6) is -0.557. The van der Waals surface area contributed by atoms with Gasteiger partial charge in [-0.25, -0.2) is 9.18 Å². The molecule has 0 radical (unpaired) electrons. The van der Waals surface area contributed by atoms with Gasteiger partial charge in [-0.15, -0.1) is 0 Å². The van der Waals surface area contributed by atoms with Crippen LogP contribution in [-0.4, -0.2) is 11.1 Å². The Labute approximate surface area is 128 Å². The zero-order chi connectivity index (χ0) is 14.5. The Morgan fingerprint density at radius 1 is 1.25 bits per heavy atom. The van der Waals surface area contributed by atoms with Crippen molar-refractivity contribution in [1.29, 1.82) is 0 Å². The van der Waals surface area contributed by atoms with Crippen LogP contribution < -0.4 is 4.74 Å². The molecule has 0 aliphatic rings. The van der Waals surface area contributed by atoms with E-state index in [1.807, 2.05) is 18.2 Å². The fraction of sp³-hybridized carbons (Fsp3) is 0. The Bertz CT molecular complexity index is 668. The third-order valence-electron chi connectivity index (χ3n) is 2.40. The van der Waals surface area contributed by atoms with Crippen molar-refractivity contribution in [3.05, 3.63) is 63.5 Å². The standard InChI is InChI=1S/C15H10FIO3/c16-11-5-6-14(10(8-11)4-7-15(18)19)20-13-3-1-2-12(17)9-13/h1-9H,(H,18,19)/b7-4+. The summed E-state index contributed by atoms with van der Waals surface area (Å²) in [7, 11) is 0. The Hall–Kier alpha value is -1.89. The first-order valence-corrected chi connectivity index (χ1v) is 6.76. The van der Waals surface area contributed by atoms with E-state index in [-0.39, 0.29) is 0 Å². The maximum absolute atomic E-state index is 13.2. The monoisotopic (exact) mass is 384 g/mol. The molecule has 0 saturated carbocycles. The Morgan fingerprint density at radius 2 is 2.05 bits per heavy atom. The first kappa shape index (κ1) is 14.5. The van der Waals surface area contributed by atoms with Crippen LogP contribution in [-0.2, 0) is 4.79 Å². The second-order valence-electron chi connectivity index (χ2n) is 3.91. The van der Waals surface area contributed by atoms with E-state index in [4.69, 9.17) is 9.84 Å². The van der Waals surface area contributed by atoms with Crippen LogP contribution in [0.3, 0.4) is 0 Å². The van der Waals surface area contributed by atoms with Crippen LogP contribution in [0, 0.1) is 9.39 Å². The van der Waals surface area contributed by atoms with Crippen LogP contribution in [0.1, 0.15) is 5.56 Å². The third kappa shape index (κ3) is 4.06. The highest BCUT2D eigenvalue weighted by Gasteiger charge is 2.05. The summed E-state index contributed by atoms with van der Waals surface area (Å²) in [5.41, 5.74) is 0.367. The molecule has 0 bridgehead atoms. The summed E-state index contributed by atoms with van der Waals surface area (Å²) < 4.78 is 19.9. The van der Waals surface area contributed by atoms with Gasteiger partial charge in [0.15, 0.2) is 0 Å². The first-order valence-electron chi connectivity index (χ1n) is 5.68. The van der Waals surface area contributed by atoms with Crippen molar-refractivity contribution in [2.24, 2.45) is 0 Å². The lowest BCUT2D eigenvalue weighted by atomic mass is 10.2. The molecule has 2 rings (SSSR count). The summed E-state index contributed by atoms with van der Waals surface area (Å²) in [6.07, 6.45) is 2.24. The molecule has 2 aromatic rings. The molecular weight excluding hydrogens is 374 g/mol. The Kier molecular flexibility index (Phi) is 4.73. The first-order chi connectivity index (χ1) is 9.54. The zero-order valence-electron chi connectivity index (χ0n) is 10.2. The predicted octanol–water partition coefficient (Wildman–Crippen LogP) is 4.32. The fourth-order valence-electron chi connectivity index (χ4n) is 1.56. The van der Waals surface area contributed by atoms with E-state index in [9.17, 15) is 9.18 Å². The molecule has 20 heavy (non-hydrogen) atoms. The second-order valence-corrected chi connectivity index (χ2v) is 5.16. The molecule has 0 atom stereocenters. The van der Waals surface area contributed by atoms with Crippen molar-refractivity contribution in [2.45, 2.75) is 0 Å². The van der Waals surface area contributed by atoms with Crippen molar-refractivity contribution >= 4 is 34.6 Å². The van der Waals surface area contributed by atoms with E-state index in [1.165, 1.54) is 24.3 Å². The number of benzene rings is 2. The summed E-state index contributed by atoms with van der Waals surface area (Å²) in [5, 5.41) is 8.64. The topological polar surface area (TPSA) is 46.5 Å². The van der Waals surface area contributed by atoms with E-state index in [1.54, 1.807) is 6.07 Å². The van der Waals surface area contributed by atoms with Gasteiger partial charge in [0.2, 0.25) is 0 Å². The molecule has 102 valence electrons. The van der Waals surface area contributed by atoms with E-state index in [2.05, 4.69) is 22.6 Å². The molecule has 0 spiro atoms. The van der Waals surface area contributed by atoms with Gasteiger partial charge in [0, 0.05) is 15.2 Å². The largest absolute Gasteiger partial charge is 0.478 e. The minimum Gasteiger partial charge on any atom is -0.478 e. The van der Waals surface area contributed by atoms with E-state index in [0.29, 0.717) is 17.1 Å². The average Bonchev–Trinajstić information content (AvgIpc) is 2.39. The smallest absolute Gasteiger partial charge is 0.328 e. The van der Waals surface area contributed by atoms with Crippen LogP contribution in [0.15, 0.2) is 48.5 Å². The predicted molar refractivity (Wildman–Crippen MR) is 82.3 cm³/mol. The molecule has 0 saturated heterocycles. The summed E-state index contributed by atoms with van der Waals surface area (Å²) in [6.45, 7) is 0. The quantitative estimate of drug-likeness (QED) is 0.631. The SMILES string of the molecule is O=C(O)/C=C/c1cc(F)ccc1Oc1cccc(I)c1. The number of carboxylic acid groups (broad SMARTS) is 1. The van der Waals surface area contributed by atoms with Crippen molar-refractivity contribution in [3.63, 3.8) is 0 Å². The van der Waals surface area contributed by atoms with Gasteiger partial charge in [0.1, 0.15) is 17.3 Å². The summed E-state index contributed by atoms with van der Waals surface area (Å²) >= 11 is 2.16. The molecule has 1 N–H and O–H groups in total. The highest BCUT2D eigenvalue weighted by Crippen LogP contribution is 2.28. The maximum Gasteiger partial charge on any atom is 0.328 e. The number of carbonyl (C=O) groups is 1. The van der Waals surface area contributed by atoms with Gasteiger partial charge in [-0.3, -0.25) is 0 Å². The van der Waals surface area contributed by atoms with Crippen LogP contribution in [0.4, 0.5) is 4.39 Å². The number of rotatable bonds is 4. The Balaban J connectivity index is 2.33. The lowest BCUT2D eigenvalue weighted by molar-refractivity contribution is -0.131. The van der Waals surface area contributed by atoms with E-state index in [0.717, 1.165) is 9.65 Å². The maximum atomic E-state index is 13.2. The van der Waals surface area contributed by atoms with E-state index >= 15 is 0 Å². The molecule has 3 nitrogen and oxygen atoms in total. The van der Waals surface area contributed by atoms with Gasteiger partial charge in [-0.1, -0.05) is 6.07 Å². The number of aliphatic carboxylic acids is 1. The zero-order valence-corrected chi connectivity index (χ0v) is 12.4. The molecule has 0 unspecified atom stereocenters. The number of hydrogen-bond donors (Lipinski definition) is 1. The molecule has 0 heterocycles. The third-order valence-corrected chi connectivity index (χ3v) is 3.07. The minimum atomic E-state index is -1.10. The van der Waals surface area contributed by atoms with Gasteiger partial charge in [0.25, 0.3) is 0 Å². The van der Waals surface area contributed by atoms with Crippen LogP contribution in [0.2, 0.25) is 0 Å². The van der Waals surface area contributed by atoms with Crippen molar-refractivity contribution in [2.75, 3.05) is 0 Å². The highest BCUT2D eigenvalue weighted by molar-refractivity contribution is 14.1. The lowest BCUT2D eigenvalue weighted by Crippen LogP contribution is -1.91. The molecule has 0 aliphatic heterocycles. The lowest BCUT2D eigenvalue weighted by Gasteiger charge is -2.09. The molecule has 0 aromatic heterocycles. The Morgan fingerprint density at radius 3 is 2.75 bits per heavy atom. The second kappa shape index (κ2) is 6.51. The van der Waals surface area contributed by atoms with Gasteiger partial charge >= 0.3 is 5.97 Å². The summed E-state index contributed by atoms with van der Waals surface area (Å²) in [6, 6.07) is 11.3. The van der Waals surface area contributed by atoms with Crippen molar-refractivity contribution < 1.29 is 19.0 Å². The molecule has 0 amide bonds. The highest BCUT2D eigenvalue weighted by atomic mass is 127. The van der Waals surface area contributed by atoms with E-state index < -0.39 is 11.8 Å². The van der Waals surface area contributed by atoms with Gasteiger partial charge in [-0.2, -0.15) is 0 Å². The van der Waals surface area contributed by atoms with Crippen LogP contribution in [0.5, 0.6) is 11.5 Å². The molecule has 0 aliphatic carbocycles. The van der Waals surface area contributed by atoms with Crippen LogP contribution in [0.25, 0.3) is 6.08 Å². The molecular formula is C15H10FIO3. The average molecular weight is 384 g/mol.